The van der Waals surface area contributed by atoms with E-state index in [4.69, 9.17) is 11.6 Å². The molecule has 0 saturated carbocycles. The maximum atomic E-state index is 12.8. The third-order valence-electron chi connectivity index (χ3n) is 3.63. The number of carboxylic acids is 1. The van der Waals surface area contributed by atoms with Crippen molar-refractivity contribution in [2.45, 2.75) is 6.92 Å². The number of rotatable bonds is 2. The molecule has 0 aliphatic carbocycles. The van der Waals surface area contributed by atoms with Crippen LogP contribution in [0.25, 0.3) is 10.9 Å². The number of benzene rings is 2. The highest BCUT2D eigenvalue weighted by Crippen LogP contribution is 2.28. The highest BCUT2D eigenvalue weighted by molar-refractivity contribution is 6.34. The lowest BCUT2D eigenvalue weighted by molar-refractivity contribution is 0.0698. The molecule has 22 heavy (non-hydrogen) atoms. The summed E-state index contributed by atoms with van der Waals surface area (Å²) >= 11 is 6.09. The Bertz CT molecular complexity index is 911. The lowest BCUT2D eigenvalue weighted by Gasteiger charge is -2.08. The molecule has 110 valence electrons. The molecule has 0 atom stereocenters. The molecule has 0 bridgehead atoms. The SMILES string of the molecule is Cc1c(C(=O)O)c2ccccc2n1C(=O)c1ccccc1Cl. The summed E-state index contributed by atoms with van der Waals surface area (Å²) in [5.41, 5.74) is 1.42. The van der Waals surface area contributed by atoms with Gasteiger partial charge in [0.2, 0.25) is 0 Å². The van der Waals surface area contributed by atoms with Gasteiger partial charge in [-0.2, -0.15) is 0 Å². The molecule has 1 aromatic heterocycles. The van der Waals surface area contributed by atoms with Crippen LogP contribution in [0.5, 0.6) is 0 Å². The molecule has 5 heteroatoms. The summed E-state index contributed by atoms with van der Waals surface area (Å²) in [7, 11) is 0. The lowest BCUT2D eigenvalue weighted by Crippen LogP contribution is -2.14. The predicted molar refractivity (Wildman–Crippen MR) is 84.8 cm³/mol. The second-order valence-corrected chi connectivity index (χ2v) is 5.31. The summed E-state index contributed by atoms with van der Waals surface area (Å²) in [6.45, 7) is 1.62. The molecule has 0 fully saturated rings. The monoisotopic (exact) mass is 313 g/mol. The molecule has 3 rings (SSSR count). The maximum absolute atomic E-state index is 12.8. The number of aromatic carboxylic acids is 1. The van der Waals surface area contributed by atoms with Crippen molar-refractivity contribution in [3.63, 3.8) is 0 Å². The quantitative estimate of drug-likeness (QED) is 0.778. The number of hydrogen-bond acceptors (Lipinski definition) is 2. The Kier molecular flexibility index (Phi) is 3.47. The van der Waals surface area contributed by atoms with Gasteiger partial charge in [0.25, 0.3) is 5.91 Å². The molecule has 4 nitrogen and oxygen atoms in total. The second-order valence-electron chi connectivity index (χ2n) is 4.90. The van der Waals surface area contributed by atoms with Crippen LogP contribution in [0.2, 0.25) is 5.02 Å². The minimum Gasteiger partial charge on any atom is -0.478 e. The Labute approximate surface area is 131 Å². The number of aromatic nitrogens is 1. The van der Waals surface area contributed by atoms with Crippen molar-refractivity contribution >= 4 is 34.4 Å². The smallest absolute Gasteiger partial charge is 0.338 e. The fourth-order valence-corrected chi connectivity index (χ4v) is 2.87. The second kappa shape index (κ2) is 5.31. The molecule has 1 N–H and O–H groups in total. The fourth-order valence-electron chi connectivity index (χ4n) is 2.65. The van der Waals surface area contributed by atoms with E-state index in [0.29, 0.717) is 27.2 Å². The van der Waals surface area contributed by atoms with E-state index in [9.17, 15) is 14.7 Å². The highest BCUT2D eigenvalue weighted by Gasteiger charge is 2.23. The van der Waals surface area contributed by atoms with Crippen molar-refractivity contribution in [2.75, 3.05) is 0 Å². The Morgan fingerprint density at radius 3 is 2.36 bits per heavy atom. The van der Waals surface area contributed by atoms with E-state index in [1.54, 1.807) is 55.5 Å². The van der Waals surface area contributed by atoms with Crippen molar-refractivity contribution in [1.29, 1.82) is 0 Å². The number of nitrogens with zero attached hydrogens (tertiary/aromatic N) is 1. The zero-order chi connectivity index (χ0) is 15.9. The van der Waals surface area contributed by atoms with Crippen LogP contribution in [0, 0.1) is 6.92 Å². The average Bonchev–Trinajstić information content (AvgIpc) is 2.79. The van der Waals surface area contributed by atoms with Gasteiger partial charge in [-0.1, -0.05) is 41.9 Å². The average molecular weight is 314 g/mol. The van der Waals surface area contributed by atoms with Gasteiger partial charge in [0.1, 0.15) is 0 Å². The van der Waals surface area contributed by atoms with Crippen molar-refractivity contribution < 1.29 is 14.7 Å². The minimum atomic E-state index is -1.06. The number of fused-ring (bicyclic) bond motifs is 1. The van der Waals surface area contributed by atoms with Gasteiger partial charge in [0.15, 0.2) is 0 Å². The molecule has 0 aliphatic heterocycles. The van der Waals surface area contributed by atoms with E-state index in [1.165, 1.54) is 4.57 Å². The first-order chi connectivity index (χ1) is 10.5. The van der Waals surface area contributed by atoms with Gasteiger partial charge in [-0.15, -0.1) is 0 Å². The molecule has 0 amide bonds. The molecule has 0 aliphatic rings. The summed E-state index contributed by atoms with van der Waals surface area (Å²) in [6, 6.07) is 13.7. The van der Waals surface area contributed by atoms with E-state index >= 15 is 0 Å². The third-order valence-corrected chi connectivity index (χ3v) is 3.96. The van der Waals surface area contributed by atoms with E-state index in [2.05, 4.69) is 0 Å². The summed E-state index contributed by atoms with van der Waals surface area (Å²) in [4.78, 5) is 24.3. The first-order valence-corrected chi connectivity index (χ1v) is 7.02. The third kappa shape index (κ3) is 2.09. The van der Waals surface area contributed by atoms with Crippen molar-refractivity contribution in [2.24, 2.45) is 0 Å². The van der Waals surface area contributed by atoms with Crippen LogP contribution >= 0.6 is 11.6 Å². The highest BCUT2D eigenvalue weighted by atomic mass is 35.5. The first-order valence-electron chi connectivity index (χ1n) is 6.65. The fraction of sp³-hybridized carbons (Fsp3) is 0.0588. The van der Waals surface area contributed by atoms with Crippen LogP contribution in [-0.2, 0) is 0 Å². The first kappa shape index (κ1) is 14.4. The predicted octanol–water partition coefficient (Wildman–Crippen LogP) is 3.99. The summed E-state index contributed by atoms with van der Waals surface area (Å²) in [5.74, 6) is -1.40. The zero-order valence-corrected chi connectivity index (χ0v) is 12.5. The van der Waals surface area contributed by atoms with Crippen LogP contribution < -0.4 is 0 Å². The molecule has 1 heterocycles. The topological polar surface area (TPSA) is 59.3 Å². The number of hydrogen-bond donors (Lipinski definition) is 1. The lowest BCUT2D eigenvalue weighted by atomic mass is 10.1. The van der Waals surface area contributed by atoms with E-state index < -0.39 is 5.97 Å². The molecule has 0 unspecified atom stereocenters. The summed E-state index contributed by atoms with van der Waals surface area (Å²) < 4.78 is 1.40. The van der Waals surface area contributed by atoms with Crippen LogP contribution in [0.1, 0.15) is 26.4 Å². The molecule has 3 aromatic rings. The van der Waals surface area contributed by atoms with Gasteiger partial charge in [-0.05, 0) is 25.1 Å². The Morgan fingerprint density at radius 1 is 1.05 bits per heavy atom. The van der Waals surface area contributed by atoms with Crippen LogP contribution in [0.3, 0.4) is 0 Å². The van der Waals surface area contributed by atoms with Gasteiger partial charge < -0.3 is 5.11 Å². The van der Waals surface area contributed by atoms with Crippen LogP contribution in [0.4, 0.5) is 0 Å². The Hall–Kier alpha value is -2.59. The van der Waals surface area contributed by atoms with E-state index in [-0.39, 0.29) is 11.5 Å². The van der Waals surface area contributed by atoms with Crippen molar-refractivity contribution in [3.05, 3.63) is 70.4 Å². The zero-order valence-electron chi connectivity index (χ0n) is 11.7. The van der Waals surface area contributed by atoms with E-state index in [1.807, 2.05) is 0 Å². The van der Waals surface area contributed by atoms with Crippen LogP contribution in [-0.4, -0.2) is 21.6 Å². The molecular weight excluding hydrogens is 302 g/mol. The standard InChI is InChI=1S/C17H12ClNO3/c1-10-15(17(21)22)12-7-3-5-9-14(12)19(10)16(20)11-6-2-4-8-13(11)18/h2-9H,1H3,(H,21,22). The van der Waals surface area contributed by atoms with Gasteiger partial charge in [0.05, 0.1) is 21.7 Å². The molecule has 2 aromatic carbocycles. The summed E-state index contributed by atoms with van der Waals surface area (Å²) in [6.07, 6.45) is 0. The van der Waals surface area contributed by atoms with Gasteiger partial charge in [-0.3, -0.25) is 9.36 Å². The maximum Gasteiger partial charge on any atom is 0.338 e. The minimum absolute atomic E-state index is 0.135. The molecule has 0 radical (unpaired) electrons. The Morgan fingerprint density at radius 2 is 1.68 bits per heavy atom. The van der Waals surface area contributed by atoms with Gasteiger partial charge in [0, 0.05) is 11.1 Å². The van der Waals surface area contributed by atoms with Gasteiger partial charge in [-0.25, -0.2) is 4.79 Å². The normalized spacial score (nSPS) is 10.8. The number of para-hydroxylation sites is 1. The van der Waals surface area contributed by atoms with E-state index in [0.717, 1.165) is 0 Å². The molecular formula is C17H12ClNO3. The summed E-state index contributed by atoms with van der Waals surface area (Å²) in [5, 5.41) is 10.3. The largest absolute Gasteiger partial charge is 0.478 e. The number of carboxylic acid groups (broad SMARTS) is 1. The van der Waals surface area contributed by atoms with Gasteiger partial charge >= 0.3 is 5.97 Å². The Balaban J connectivity index is 2.32. The number of halogens is 1. The molecule has 0 spiro atoms. The van der Waals surface area contributed by atoms with Crippen LogP contribution in [0.15, 0.2) is 48.5 Å². The van der Waals surface area contributed by atoms with Crippen molar-refractivity contribution in [3.8, 4) is 0 Å². The molecule has 0 saturated heterocycles. The number of carbonyl (C=O) groups excluding carboxylic acids is 1. The number of carbonyl (C=O) groups is 2. The van der Waals surface area contributed by atoms with Crippen molar-refractivity contribution in [1.82, 2.24) is 4.57 Å².